The minimum absolute atomic E-state index is 0.329. The maximum Gasteiger partial charge on any atom is 0.320 e. The van der Waals surface area contributed by atoms with Crippen LogP contribution in [0.2, 0.25) is 0 Å². The van der Waals surface area contributed by atoms with Gasteiger partial charge in [-0.3, -0.25) is 4.79 Å². The van der Waals surface area contributed by atoms with Gasteiger partial charge in [-0.2, -0.15) is 0 Å². The fourth-order valence-corrected chi connectivity index (χ4v) is 2.77. The lowest BCUT2D eigenvalue weighted by Crippen LogP contribution is -2.32. The Labute approximate surface area is 141 Å². The standard InChI is InChI=1S/C21H19NO2/c22-20(21(23)24)14-15-10-12-17(13-11-15)19-9-5-4-8-18(19)16-6-2-1-3-7-16/h1-13,20H,14,22H2,(H,23,24)/t20-/m0/s1. The second-order valence-electron chi connectivity index (χ2n) is 5.76. The number of rotatable bonds is 5. The number of benzene rings is 3. The van der Waals surface area contributed by atoms with Crippen molar-refractivity contribution < 1.29 is 9.90 Å². The molecule has 0 aromatic heterocycles. The van der Waals surface area contributed by atoms with E-state index in [2.05, 4.69) is 24.3 Å². The molecule has 0 spiro atoms. The van der Waals surface area contributed by atoms with Crippen LogP contribution in [0.5, 0.6) is 0 Å². The minimum Gasteiger partial charge on any atom is -0.480 e. The average molecular weight is 317 g/mol. The molecule has 0 aliphatic rings. The highest BCUT2D eigenvalue weighted by Crippen LogP contribution is 2.31. The summed E-state index contributed by atoms with van der Waals surface area (Å²) in [5, 5.41) is 8.91. The van der Waals surface area contributed by atoms with Crippen LogP contribution in [0.4, 0.5) is 0 Å². The van der Waals surface area contributed by atoms with Crippen LogP contribution < -0.4 is 5.73 Å². The number of aliphatic carboxylic acids is 1. The van der Waals surface area contributed by atoms with Gasteiger partial charge in [-0.1, -0.05) is 78.9 Å². The smallest absolute Gasteiger partial charge is 0.320 e. The molecule has 1 atom stereocenters. The third-order valence-corrected chi connectivity index (χ3v) is 4.05. The maximum atomic E-state index is 10.9. The molecule has 0 bridgehead atoms. The minimum atomic E-state index is -0.978. The van der Waals surface area contributed by atoms with E-state index >= 15 is 0 Å². The number of hydrogen-bond donors (Lipinski definition) is 2. The van der Waals surface area contributed by atoms with Crippen molar-refractivity contribution in [2.24, 2.45) is 5.73 Å². The number of hydrogen-bond acceptors (Lipinski definition) is 2. The summed E-state index contributed by atoms with van der Waals surface area (Å²) in [5.74, 6) is -0.978. The second-order valence-corrected chi connectivity index (χ2v) is 5.76. The van der Waals surface area contributed by atoms with Crippen molar-refractivity contribution in [2.75, 3.05) is 0 Å². The summed E-state index contributed by atoms with van der Waals surface area (Å²) < 4.78 is 0. The average Bonchev–Trinajstić information content (AvgIpc) is 2.63. The quantitative estimate of drug-likeness (QED) is 0.748. The van der Waals surface area contributed by atoms with Crippen molar-refractivity contribution in [1.29, 1.82) is 0 Å². The molecule has 3 rings (SSSR count). The number of carboxylic acid groups (broad SMARTS) is 1. The highest BCUT2D eigenvalue weighted by atomic mass is 16.4. The molecule has 0 aliphatic heterocycles. The van der Waals surface area contributed by atoms with Crippen LogP contribution in [-0.2, 0) is 11.2 Å². The van der Waals surface area contributed by atoms with Gasteiger partial charge in [0.05, 0.1) is 0 Å². The first-order valence-corrected chi connectivity index (χ1v) is 7.87. The van der Waals surface area contributed by atoms with Crippen LogP contribution in [-0.4, -0.2) is 17.1 Å². The van der Waals surface area contributed by atoms with Crippen LogP contribution >= 0.6 is 0 Å². The predicted molar refractivity (Wildman–Crippen MR) is 96.6 cm³/mol. The van der Waals surface area contributed by atoms with Gasteiger partial charge in [0.2, 0.25) is 0 Å². The molecule has 0 saturated heterocycles. The van der Waals surface area contributed by atoms with Gasteiger partial charge >= 0.3 is 5.97 Å². The summed E-state index contributed by atoms with van der Waals surface area (Å²) in [6.45, 7) is 0. The van der Waals surface area contributed by atoms with Crippen LogP contribution in [0.15, 0.2) is 78.9 Å². The van der Waals surface area contributed by atoms with Crippen LogP contribution in [0, 0.1) is 0 Å². The lowest BCUT2D eigenvalue weighted by molar-refractivity contribution is -0.138. The molecular weight excluding hydrogens is 298 g/mol. The fraction of sp³-hybridized carbons (Fsp3) is 0.0952. The SMILES string of the molecule is N[C@@H](Cc1ccc(-c2ccccc2-c2ccccc2)cc1)C(=O)O. The van der Waals surface area contributed by atoms with E-state index in [-0.39, 0.29) is 0 Å². The number of nitrogens with two attached hydrogens (primary N) is 1. The summed E-state index contributed by atoms with van der Waals surface area (Å²) in [4.78, 5) is 10.9. The van der Waals surface area contributed by atoms with E-state index in [1.165, 1.54) is 11.1 Å². The van der Waals surface area contributed by atoms with Gasteiger partial charge in [-0.05, 0) is 34.2 Å². The van der Waals surface area contributed by atoms with Gasteiger partial charge in [-0.15, -0.1) is 0 Å². The van der Waals surface area contributed by atoms with Crippen molar-refractivity contribution in [3.8, 4) is 22.3 Å². The molecule has 0 heterocycles. The lowest BCUT2D eigenvalue weighted by atomic mass is 9.93. The zero-order valence-electron chi connectivity index (χ0n) is 13.2. The Morgan fingerprint density at radius 1 is 0.792 bits per heavy atom. The second kappa shape index (κ2) is 7.11. The fourth-order valence-electron chi connectivity index (χ4n) is 2.77. The van der Waals surface area contributed by atoms with E-state index < -0.39 is 12.0 Å². The first kappa shape index (κ1) is 16.0. The number of carbonyl (C=O) groups is 1. The summed E-state index contributed by atoms with van der Waals surface area (Å²) in [7, 11) is 0. The molecule has 3 N–H and O–H groups in total. The van der Waals surface area contributed by atoms with E-state index in [9.17, 15) is 4.79 Å². The van der Waals surface area contributed by atoms with Gasteiger partial charge in [0.15, 0.2) is 0 Å². The first-order valence-electron chi connectivity index (χ1n) is 7.87. The lowest BCUT2D eigenvalue weighted by Gasteiger charge is -2.11. The summed E-state index contributed by atoms with van der Waals surface area (Å²) in [6.07, 6.45) is 0.329. The molecule has 0 saturated carbocycles. The summed E-state index contributed by atoms with van der Waals surface area (Å²) in [5.41, 5.74) is 11.1. The third kappa shape index (κ3) is 3.53. The van der Waals surface area contributed by atoms with Crippen LogP contribution in [0.1, 0.15) is 5.56 Å². The first-order chi connectivity index (χ1) is 11.6. The Hall–Kier alpha value is -2.91. The highest BCUT2D eigenvalue weighted by molar-refractivity contribution is 5.83. The molecule has 3 aromatic carbocycles. The molecule has 3 nitrogen and oxygen atoms in total. The van der Waals surface area contributed by atoms with E-state index in [0.29, 0.717) is 6.42 Å². The maximum absolute atomic E-state index is 10.9. The van der Waals surface area contributed by atoms with Crippen molar-refractivity contribution in [1.82, 2.24) is 0 Å². The Morgan fingerprint density at radius 2 is 1.29 bits per heavy atom. The van der Waals surface area contributed by atoms with Crippen molar-refractivity contribution in [2.45, 2.75) is 12.5 Å². The molecule has 0 radical (unpaired) electrons. The van der Waals surface area contributed by atoms with Gasteiger partial charge in [0.1, 0.15) is 6.04 Å². The van der Waals surface area contributed by atoms with Gasteiger partial charge < -0.3 is 10.8 Å². The van der Waals surface area contributed by atoms with Gasteiger partial charge in [0.25, 0.3) is 0 Å². The molecular formula is C21H19NO2. The van der Waals surface area contributed by atoms with Gasteiger partial charge in [0, 0.05) is 0 Å². The highest BCUT2D eigenvalue weighted by Gasteiger charge is 2.12. The molecule has 24 heavy (non-hydrogen) atoms. The van der Waals surface area contributed by atoms with E-state index in [4.69, 9.17) is 10.8 Å². The van der Waals surface area contributed by atoms with E-state index in [1.807, 2.05) is 54.6 Å². The molecule has 0 amide bonds. The monoisotopic (exact) mass is 317 g/mol. The summed E-state index contributed by atoms with van der Waals surface area (Å²) in [6, 6.07) is 25.6. The Morgan fingerprint density at radius 3 is 1.83 bits per heavy atom. The zero-order chi connectivity index (χ0) is 16.9. The topological polar surface area (TPSA) is 63.3 Å². The third-order valence-electron chi connectivity index (χ3n) is 4.05. The molecule has 0 unspecified atom stereocenters. The number of carboxylic acids is 1. The van der Waals surface area contributed by atoms with Gasteiger partial charge in [-0.25, -0.2) is 0 Å². The van der Waals surface area contributed by atoms with Crippen molar-refractivity contribution in [3.05, 3.63) is 84.4 Å². The molecule has 3 heteroatoms. The molecule has 0 fully saturated rings. The normalized spacial score (nSPS) is 11.9. The Bertz CT molecular complexity index is 826. The molecule has 3 aromatic rings. The van der Waals surface area contributed by atoms with E-state index in [0.717, 1.165) is 16.7 Å². The van der Waals surface area contributed by atoms with E-state index in [1.54, 1.807) is 0 Å². The Balaban J connectivity index is 1.92. The summed E-state index contributed by atoms with van der Waals surface area (Å²) >= 11 is 0. The van der Waals surface area contributed by atoms with Crippen LogP contribution in [0.25, 0.3) is 22.3 Å². The van der Waals surface area contributed by atoms with Crippen LogP contribution in [0.3, 0.4) is 0 Å². The molecule has 0 aliphatic carbocycles. The predicted octanol–water partition coefficient (Wildman–Crippen LogP) is 3.98. The Kier molecular flexibility index (Phi) is 4.73. The van der Waals surface area contributed by atoms with Crippen molar-refractivity contribution in [3.63, 3.8) is 0 Å². The largest absolute Gasteiger partial charge is 0.480 e. The zero-order valence-corrected chi connectivity index (χ0v) is 13.2. The molecule has 120 valence electrons. The van der Waals surface area contributed by atoms with Crippen molar-refractivity contribution >= 4 is 5.97 Å².